The van der Waals surface area contributed by atoms with E-state index < -0.39 is 19.9 Å². The molecule has 32 heavy (non-hydrogen) atoms. The molecule has 0 bridgehead atoms. The molecule has 0 N–H and O–H groups in total. The van der Waals surface area contributed by atoms with Crippen LogP contribution in [0.4, 0.5) is 0 Å². The highest BCUT2D eigenvalue weighted by atomic mass is 35.5. The second kappa shape index (κ2) is 10.2. The molecule has 0 aliphatic carbocycles. The number of sulfonamides is 1. The summed E-state index contributed by atoms with van der Waals surface area (Å²) in [4.78, 5) is 2.75. The SMILES string of the molecule is C[C@@H]1CCCN1CCc1ccc(-c2ccc(S(=O)(=O)N3CCS(=O)(=O)CC3)cc2)cc1.Cl. The van der Waals surface area contributed by atoms with Gasteiger partial charge in [0.15, 0.2) is 9.84 Å². The van der Waals surface area contributed by atoms with Gasteiger partial charge in [-0.25, -0.2) is 16.8 Å². The Bertz CT molecular complexity index is 1100. The highest BCUT2D eigenvalue weighted by molar-refractivity contribution is 7.92. The third-order valence-corrected chi connectivity index (χ3v) is 9.98. The van der Waals surface area contributed by atoms with Gasteiger partial charge in [0.25, 0.3) is 0 Å². The number of halogens is 1. The average Bonchev–Trinajstić information content (AvgIpc) is 3.17. The quantitative estimate of drug-likeness (QED) is 0.611. The van der Waals surface area contributed by atoms with Crippen LogP contribution in [0.5, 0.6) is 0 Å². The summed E-state index contributed by atoms with van der Waals surface area (Å²) in [6.07, 6.45) is 3.62. The van der Waals surface area contributed by atoms with E-state index in [1.54, 1.807) is 12.1 Å². The van der Waals surface area contributed by atoms with E-state index >= 15 is 0 Å². The van der Waals surface area contributed by atoms with Crippen molar-refractivity contribution in [2.75, 3.05) is 37.7 Å². The number of benzene rings is 2. The number of rotatable bonds is 6. The van der Waals surface area contributed by atoms with Gasteiger partial charge >= 0.3 is 0 Å². The number of likely N-dealkylation sites (tertiary alicyclic amines) is 1. The van der Waals surface area contributed by atoms with E-state index in [1.165, 1.54) is 29.3 Å². The van der Waals surface area contributed by atoms with Gasteiger partial charge in [0.2, 0.25) is 10.0 Å². The lowest BCUT2D eigenvalue weighted by atomic mass is 10.0. The largest absolute Gasteiger partial charge is 0.300 e. The molecule has 2 heterocycles. The van der Waals surface area contributed by atoms with Crippen LogP contribution in [-0.4, -0.2) is 69.8 Å². The molecule has 2 aliphatic heterocycles. The van der Waals surface area contributed by atoms with E-state index in [2.05, 4.69) is 36.1 Å². The molecule has 0 radical (unpaired) electrons. The summed E-state index contributed by atoms with van der Waals surface area (Å²) < 4.78 is 50.1. The number of nitrogens with zero attached hydrogens (tertiary/aromatic N) is 2. The van der Waals surface area contributed by atoms with Gasteiger partial charge in [0.05, 0.1) is 16.4 Å². The monoisotopic (exact) mass is 498 g/mol. The van der Waals surface area contributed by atoms with Crippen LogP contribution in [0.3, 0.4) is 0 Å². The number of sulfone groups is 1. The van der Waals surface area contributed by atoms with Gasteiger partial charge in [-0.05, 0) is 61.6 Å². The fourth-order valence-electron chi connectivity index (χ4n) is 4.37. The Balaban J connectivity index is 0.00000289. The molecule has 6 nitrogen and oxygen atoms in total. The van der Waals surface area contributed by atoms with Gasteiger partial charge in [-0.2, -0.15) is 4.31 Å². The summed E-state index contributed by atoms with van der Waals surface area (Å²) in [6, 6.07) is 16.0. The van der Waals surface area contributed by atoms with Crippen molar-refractivity contribution in [3.8, 4) is 11.1 Å². The zero-order chi connectivity index (χ0) is 22.1. The van der Waals surface area contributed by atoms with Crippen molar-refractivity contribution in [3.05, 3.63) is 54.1 Å². The van der Waals surface area contributed by atoms with E-state index in [0.29, 0.717) is 6.04 Å². The Morgan fingerprint density at radius 2 is 1.47 bits per heavy atom. The van der Waals surface area contributed by atoms with Crippen molar-refractivity contribution in [2.45, 2.75) is 37.1 Å². The molecular weight excluding hydrogens is 468 g/mol. The number of hydrogen-bond donors (Lipinski definition) is 0. The Morgan fingerprint density at radius 1 is 0.906 bits per heavy atom. The van der Waals surface area contributed by atoms with Gasteiger partial charge < -0.3 is 4.90 Å². The molecule has 2 aliphatic rings. The van der Waals surface area contributed by atoms with E-state index in [0.717, 1.165) is 24.1 Å². The van der Waals surface area contributed by atoms with Crippen LogP contribution in [0.25, 0.3) is 11.1 Å². The van der Waals surface area contributed by atoms with Gasteiger partial charge in [-0.3, -0.25) is 0 Å². The van der Waals surface area contributed by atoms with Crippen molar-refractivity contribution < 1.29 is 16.8 Å². The van der Waals surface area contributed by atoms with Crippen LogP contribution in [0.15, 0.2) is 53.4 Å². The Morgan fingerprint density at radius 3 is 2.00 bits per heavy atom. The highest BCUT2D eigenvalue weighted by Crippen LogP contribution is 2.25. The maximum Gasteiger partial charge on any atom is 0.243 e. The van der Waals surface area contributed by atoms with Crippen LogP contribution >= 0.6 is 12.4 Å². The highest BCUT2D eigenvalue weighted by Gasteiger charge is 2.31. The molecule has 0 saturated carbocycles. The minimum absolute atomic E-state index is 0. The van der Waals surface area contributed by atoms with Crippen molar-refractivity contribution in [2.24, 2.45) is 0 Å². The first kappa shape index (κ1) is 25.2. The fourth-order valence-corrected chi connectivity index (χ4v) is 7.24. The first-order valence-electron chi connectivity index (χ1n) is 10.9. The van der Waals surface area contributed by atoms with Gasteiger partial charge in [0, 0.05) is 25.7 Å². The minimum atomic E-state index is -3.67. The molecule has 0 aromatic heterocycles. The van der Waals surface area contributed by atoms with Crippen LogP contribution < -0.4 is 0 Å². The Labute approximate surface area is 198 Å². The van der Waals surface area contributed by atoms with Crippen LogP contribution in [0.2, 0.25) is 0 Å². The van der Waals surface area contributed by atoms with E-state index in [4.69, 9.17) is 0 Å². The van der Waals surface area contributed by atoms with Crippen LogP contribution in [0, 0.1) is 0 Å². The third-order valence-electron chi connectivity index (χ3n) is 6.46. The predicted molar refractivity (Wildman–Crippen MR) is 131 cm³/mol. The van der Waals surface area contributed by atoms with E-state index in [9.17, 15) is 16.8 Å². The summed E-state index contributed by atoms with van der Waals surface area (Å²) in [7, 11) is -6.80. The molecular formula is C23H31ClN2O4S2. The van der Waals surface area contributed by atoms with E-state index in [1.807, 2.05) is 12.1 Å². The van der Waals surface area contributed by atoms with Crippen LogP contribution in [-0.2, 0) is 26.3 Å². The maximum atomic E-state index is 12.8. The van der Waals surface area contributed by atoms with Gasteiger partial charge in [0.1, 0.15) is 0 Å². The third kappa shape index (κ3) is 5.72. The summed E-state index contributed by atoms with van der Waals surface area (Å²) in [5.41, 5.74) is 3.31. The average molecular weight is 499 g/mol. The first-order valence-corrected chi connectivity index (χ1v) is 14.1. The zero-order valence-corrected chi connectivity index (χ0v) is 20.8. The topological polar surface area (TPSA) is 74.8 Å². The summed E-state index contributed by atoms with van der Waals surface area (Å²) in [6.45, 7) is 4.62. The van der Waals surface area contributed by atoms with E-state index in [-0.39, 0.29) is 41.9 Å². The maximum absolute atomic E-state index is 12.8. The molecule has 0 amide bonds. The van der Waals surface area contributed by atoms with Gasteiger partial charge in [-0.1, -0.05) is 36.4 Å². The van der Waals surface area contributed by atoms with Crippen molar-refractivity contribution in [1.82, 2.24) is 9.21 Å². The molecule has 2 aromatic carbocycles. The molecule has 2 fully saturated rings. The lowest BCUT2D eigenvalue weighted by Crippen LogP contribution is -2.43. The molecule has 176 valence electrons. The summed E-state index contributed by atoms with van der Waals surface area (Å²) in [5.74, 6) is -0.235. The lowest BCUT2D eigenvalue weighted by Gasteiger charge is -2.26. The second-order valence-corrected chi connectivity index (χ2v) is 12.8. The summed E-state index contributed by atoms with van der Waals surface area (Å²) in [5, 5.41) is 0. The van der Waals surface area contributed by atoms with Crippen LogP contribution in [0.1, 0.15) is 25.3 Å². The molecule has 1 atom stereocenters. The summed E-state index contributed by atoms with van der Waals surface area (Å²) >= 11 is 0. The smallest absolute Gasteiger partial charge is 0.243 e. The van der Waals surface area contributed by atoms with Gasteiger partial charge in [-0.15, -0.1) is 12.4 Å². The lowest BCUT2D eigenvalue weighted by molar-refractivity contribution is 0.272. The second-order valence-electron chi connectivity index (χ2n) is 8.55. The minimum Gasteiger partial charge on any atom is -0.300 e. The fraction of sp³-hybridized carbons (Fsp3) is 0.478. The zero-order valence-electron chi connectivity index (χ0n) is 18.3. The Kier molecular flexibility index (Phi) is 8.04. The molecule has 2 saturated heterocycles. The predicted octanol–water partition coefficient (Wildman–Crippen LogP) is 3.22. The standard InChI is InChI=1S/C23H30N2O4S2.ClH/c1-19-3-2-13-24(19)14-12-20-4-6-21(7-5-20)22-8-10-23(11-9-22)31(28,29)25-15-17-30(26,27)18-16-25;/h4-11,19H,2-3,12-18H2,1H3;1H/t19-;/m1./s1. The molecule has 0 spiro atoms. The first-order chi connectivity index (χ1) is 14.7. The molecule has 4 rings (SSSR count). The van der Waals surface area contributed by atoms with Crippen molar-refractivity contribution in [3.63, 3.8) is 0 Å². The van der Waals surface area contributed by atoms with Crippen molar-refractivity contribution in [1.29, 1.82) is 0 Å². The number of hydrogen-bond acceptors (Lipinski definition) is 5. The Hall–Kier alpha value is -1.45. The van der Waals surface area contributed by atoms with Crippen molar-refractivity contribution >= 4 is 32.3 Å². The normalized spacial score (nSPS) is 21.8. The molecule has 2 aromatic rings. The molecule has 9 heteroatoms. The molecule has 0 unspecified atom stereocenters.